The van der Waals surface area contributed by atoms with E-state index in [2.05, 4.69) is 15.9 Å². The van der Waals surface area contributed by atoms with Gasteiger partial charge in [0.2, 0.25) is 0 Å². The van der Waals surface area contributed by atoms with Gasteiger partial charge in [0, 0.05) is 7.11 Å². The van der Waals surface area contributed by atoms with Crippen LogP contribution in [0.2, 0.25) is 0 Å². The van der Waals surface area contributed by atoms with Crippen molar-refractivity contribution in [3.05, 3.63) is 69.7 Å². The SMILES string of the molecule is COC(c1ccccc1)C(O)c1c(F)ccc(Br)c1F. The van der Waals surface area contributed by atoms with Crippen LogP contribution in [0.15, 0.2) is 46.9 Å². The maximum absolute atomic E-state index is 14.0. The first-order valence-corrected chi connectivity index (χ1v) is 6.74. The second kappa shape index (κ2) is 6.43. The van der Waals surface area contributed by atoms with E-state index in [1.54, 1.807) is 24.3 Å². The summed E-state index contributed by atoms with van der Waals surface area (Å²) in [6.07, 6.45) is -2.30. The number of aliphatic hydroxyl groups excluding tert-OH is 1. The fraction of sp³-hybridized carbons (Fsp3) is 0.200. The van der Waals surface area contributed by atoms with Crippen molar-refractivity contribution in [2.45, 2.75) is 12.2 Å². The van der Waals surface area contributed by atoms with Crippen molar-refractivity contribution >= 4 is 15.9 Å². The lowest BCUT2D eigenvalue weighted by atomic mass is 9.97. The van der Waals surface area contributed by atoms with Crippen LogP contribution in [-0.2, 0) is 4.74 Å². The number of aliphatic hydroxyl groups is 1. The Balaban J connectivity index is 2.44. The van der Waals surface area contributed by atoms with E-state index in [0.29, 0.717) is 5.56 Å². The summed E-state index contributed by atoms with van der Waals surface area (Å²) in [6.45, 7) is 0. The fourth-order valence-electron chi connectivity index (χ4n) is 2.06. The molecule has 2 rings (SSSR count). The predicted molar refractivity (Wildman–Crippen MR) is 75.2 cm³/mol. The number of methoxy groups -OCH3 is 1. The average Bonchev–Trinajstić information content (AvgIpc) is 2.45. The van der Waals surface area contributed by atoms with E-state index >= 15 is 0 Å². The Morgan fingerprint density at radius 3 is 2.35 bits per heavy atom. The summed E-state index contributed by atoms with van der Waals surface area (Å²) in [5, 5.41) is 10.3. The van der Waals surface area contributed by atoms with E-state index in [1.807, 2.05) is 6.07 Å². The van der Waals surface area contributed by atoms with Crippen molar-refractivity contribution < 1.29 is 18.6 Å². The van der Waals surface area contributed by atoms with E-state index in [9.17, 15) is 13.9 Å². The quantitative estimate of drug-likeness (QED) is 0.846. The Labute approximate surface area is 124 Å². The minimum absolute atomic E-state index is 0.0934. The number of benzene rings is 2. The summed E-state index contributed by atoms with van der Waals surface area (Å²) in [6, 6.07) is 11.2. The smallest absolute Gasteiger partial charge is 0.146 e. The summed E-state index contributed by atoms with van der Waals surface area (Å²) < 4.78 is 33.1. The van der Waals surface area contributed by atoms with Crippen molar-refractivity contribution in [2.75, 3.05) is 7.11 Å². The molecule has 0 amide bonds. The third-order valence-electron chi connectivity index (χ3n) is 3.04. The third-order valence-corrected chi connectivity index (χ3v) is 3.66. The molecule has 0 aromatic heterocycles. The lowest BCUT2D eigenvalue weighted by molar-refractivity contribution is -0.0183. The van der Waals surface area contributed by atoms with Gasteiger partial charge in [0.1, 0.15) is 23.8 Å². The summed E-state index contributed by atoms with van der Waals surface area (Å²) >= 11 is 2.98. The summed E-state index contributed by atoms with van der Waals surface area (Å²) in [7, 11) is 1.38. The van der Waals surface area contributed by atoms with Crippen molar-refractivity contribution in [2.24, 2.45) is 0 Å². The van der Waals surface area contributed by atoms with E-state index in [1.165, 1.54) is 13.2 Å². The molecule has 0 fully saturated rings. The number of ether oxygens (including phenoxy) is 1. The molecule has 0 aliphatic carbocycles. The Kier molecular flexibility index (Phi) is 4.86. The van der Waals surface area contributed by atoms with Crippen LogP contribution in [0, 0.1) is 11.6 Å². The number of hydrogen-bond donors (Lipinski definition) is 1. The summed E-state index contributed by atoms with van der Waals surface area (Å²) in [5.74, 6) is -1.63. The maximum Gasteiger partial charge on any atom is 0.146 e. The number of hydrogen-bond acceptors (Lipinski definition) is 2. The number of halogens is 3. The van der Waals surface area contributed by atoms with E-state index in [0.717, 1.165) is 6.07 Å². The first-order chi connectivity index (χ1) is 9.56. The van der Waals surface area contributed by atoms with Crippen molar-refractivity contribution in [1.82, 2.24) is 0 Å². The monoisotopic (exact) mass is 342 g/mol. The van der Waals surface area contributed by atoms with E-state index in [4.69, 9.17) is 4.74 Å². The Morgan fingerprint density at radius 2 is 1.75 bits per heavy atom. The highest BCUT2D eigenvalue weighted by atomic mass is 79.9. The Bertz CT molecular complexity index is 590. The molecular weight excluding hydrogens is 330 g/mol. The lowest BCUT2D eigenvalue weighted by Gasteiger charge is -2.23. The van der Waals surface area contributed by atoms with Crippen LogP contribution in [0.3, 0.4) is 0 Å². The van der Waals surface area contributed by atoms with Crippen molar-refractivity contribution in [3.63, 3.8) is 0 Å². The average molecular weight is 343 g/mol. The topological polar surface area (TPSA) is 29.5 Å². The van der Waals surface area contributed by atoms with Crippen molar-refractivity contribution in [1.29, 1.82) is 0 Å². The Morgan fingerprint density at radius 1 is 1.10 bits per heavy atom. The zero-order valence-corrected chi connectivity index (χ0v) is 12.3. The fourth-order valence-corrected chi connectivity index (χ4v) is 2.40. The summed E-state index contributed by atoms with van der Waals surface area (Å²) in [4.78, 5) is 0. The molecule has 0 aliphatic heterocycles. The normalized spacial score (nSPS) is 14.1. The van der Waals surface area contributed by atoms with Gasteiger partial charge in [0.15, 0.2) is 0 Å². The molecule has 20 heavy (non-hydrogen) atoms. The van der Waals surface area contributed by atoms with E-state index in [-0.39, 0.29) is 4.47 Å². The van der Waals surface area contributed by atoms with Gasteiger partial charge in [-0.2, -0.15) is 0 Å². The minimum Gasteiger partial charge on any atom is -0.385 e. The molecule has 0 heterocycles. The molecule has 0 radical (unpaired) electrons. The highest BCUT2D eigenvalue weighted by Gasteiger charge is 2.28. The first kappa shape index (κ1) is 15.1. The first-order valence-electron chi connectivity index (χ1n) is 5.95. The van der Waals surface area contributed by atoms with Gasteiger partial charge in [0.25, 0.3) is 0 Å². The van der Waals surface area contributed by atoms with Crippen molar-refractivity contribution in [3.8, 4) is 0 Å². The molecule has 0 aliphatic rings. The molecule has 0 spiro atoms. The molecule has 2 unspecified atom stereocenters. The highest BCUT2D eigenvalue weighted by molar-refractivity contribution is 9.10. The largest absolute Gasteiger partial charge is 0.385 e. The maximum atomic E-state index is 14.0. The molecular formula is C15H13BrF2O2. The second-order valence-corrected chi connectivity index (χ2v) is 5.12. The predicted octanol–water partition coefficient (Wildman–Crippen LogP) is 4.15. The highest BCUT2D eigenvalue weighted by Crippen LogP contribution is 2.36. The second-order valence-electron chi connectivity index (χ2n) is 4.27. The standard InChI is InChI=1S/C15H13BrF2O2/c1-20-15(9-5-3-2-4-6-9)14(19)12-11(17)8-7-10(16)13(12)18/h2-8,14-15,19H,1H3. The zero-order chi connectivity index (χ0) is 14.7. The van der Waals surface area contributed by atoms with Crippen LogP contribution in [0.25, 0.3) is 0 Å². The van der Waals surface area contributed by atoms with Gasteiger partial charge in [-0.05, 0) is 33.6 Å². The lowest BCUT2D eigenvalue weighted by Crippen LogP contribution is -2.16. The molecule has 0 saturated carbocycles. The van der Waals surface area contributed by atoms with Gasteiger partial charge >= 0.3 is 0 Å². The Hall–Kier alpha value is -1.30. The molecule has 2 aromatic rings. The van der Waals surface area contributed by atoms with Crippen LogP contribution < -0.4 is 0 Å². The van der Waals surface area contributed by atoms with Gasteiger partial charge in [-0.25, -0.2) is 8.78 Å². The van der Waals surface area contributed by atoms with Gasteiger partial charge in [0.05, 0.1) is 10.0 Å². The minimum atomic E-state index is -1.44. The van der Waals surface area contributed by atoms with Crippen LogP contribution in [0.1, 0.15) is 23.3 Å². The van der Waals surface area contributed by atoms with Gasteiger partial charge in [-0.3, -0.25) is 0 Å². The molecule has 5 heteroatoms. The van der Waals surface area contributed by atoms with E-state index < -0.39 is 29.4 Å². The molecule has 2 atom stereocenters. The zero-order valence-electron chi connectivity index (χ0n) is 10.7. The molecule has 2 nitrogen and oxygen atoms in total. The van der Waals surface area contributed by atoms with Crippen LogP contribution in [-0.4, -0.2) is 12.2 Å². The van der Waals surface area contributed by atoms with Crippen LogP contribution in [0.5, 0.6) is 0 Å². The third kappa shape index (κ3) is 2.90. The van der Waals surface area contributed by atoms with Crippen LogP contribution >= 0.6 is 15.9 Å². The molecule has 1 N–H and O–H groups in total. The van der Waals surface area contributed by atoms with Gasteiger partial charge < -0.3 is 9.84 Å². The molecule has 0 bridgehead atoms. The summed E-state index contributed by atoms with van der Waals surface area (Å²) in [5.41, 5.74) is 0.233. The molecule has 2 aromatic carbocycles. The number of rotatable bonds is 4. The van der Waals surface area contributed by atoms with Crippen LogP contribution in [0.4, 0.5) is 8.78 Å². The molecule has 0 saturated heterocycles. The van der Waals surface area contributed by atoms with Gasteiger partial charge in [-0.1, -0.05) is 30.3 Å². The molecule has 106 valence electrons. The van der Waals surface area contributed by atoms with Gasteiger partial charge in [-0.15, -0.1) is 0 Å².